The first-order valence-corrected chi connectivity index (χ1v) is 13.5. The van der Waals surface area contributed by atoms with E-state index in [1.54, 1.807) is 12.1 Å². The van der Waals surface area contributed by atoms with Gasteiger partial charge in [-0.15, -0.1) is 5.76 Å². The van der Waals surface area contributed by atoms with Gasteiger partial charge in [0.05, 0.1) is 6.42 Å². The molecule has 1 atom stereocenters. The van der Waals surface area contributed by atoms with Gasteiger partial charge in [0.25, 0.3) is 0 Å². The first-order valence-electron chi connectivity index (χ1n) is 13.5. The van der Waals surface area contributed by atoms with Crippen LogP contribution in [0.1, 0.15) is 57.9 Å². The molecule has 8 heteroatoms. The average Bonchev–Trinajstić information content (AvgIpc) is 2.88. The van der Waals surface area contributed by atoms with Crippen molar-refractivity contribution in [3.05, 3.63) is 59.9 Å². The minimum absolute atomic E-state index is 0.116. The standard InChI is InChI=1S/C30H38N2O6/c1-3-17-31(19-5-7-25(33)34)23-13-9-21(10-14-23)27-29(37)28(30(27)38)22-11-15-24(16-12-22)32(18-4-2)20-6-8-26(35)36/h9-16,21,27H,3-8,17-20H2,1-2H3,(H2-,33,34,35,36,37,38). The lowest BCUT2D eigenvalue weighted by atomic mass is 9.71. The summed E-state index contributed by atoms with van der Waals surface area (Å²) in [5, 5.41) is 30.9. The van der Waals surface area contributed by atoms with Crippen LogP contribution in [0.25, 0.3) is 5.57 Å². The van der Waals surface area contributed by atoms with Gasteiger partial charge in [-0.05, 0) is 30.5 Å². The summed E-state index contributed by atoms with van der Waals surface area (Å²) in [5.41, 5.74) is 2.77. The fourth-order valence-electron chi connectivity index (χ4n) is 5.04. The number of Topliss-reactive ketones (excluding diaryl/α,β-unsaturated/α-hetero) is 1. The van der Waals surface area contributed by atoms with Gasteiger partial charge in [0.1, 0.15) is 13.1 Å². The molecule has 0 radical (unpaired) electrons. The van der Waals surface area contributed by atoms with Crippen LogP contribution in [-0.2, 0) is 14.4 Å². The van der Waals surface area contributed by atoms with Gasteiger partial charge in [-0.25, -0.2) is 4.58 Å². The van der Waals surface area contributed by atoms with E-state index in [1.807, 2.05) is 36.4 Å². The fraction of sp³-hybridized carbons (Fsp3) is 0.467. The number of hydrogen-bond acceptors (Lipinski definition) is 5. The van der Waals surface area contributed by atoms with Crippen molar-refractivity contribution in [3.63, 3.8) is 0 Å². The van der Waals surface area contributed by atoms with Crippen molar-refractivity contribution >= 4 is 34.7 Å². The van der Waals surface area contributed by atoms with Gasteiger partial charge in [-0.3, -0.25) is 14.4 Å². The number of aliphatic carboxylic acids is 2. The van der Waals surface area contributed by atoms with Crippen LogP contribution in [0, 0.1) is 11.8 Å². The lowest BCUT2D eigenvalue weighted by molar-refractivity contribution is -0.527. The van der Waals surface area contributed by atoms with Gasteiger partial charge < -0.3 is 20.2 Å². The van der Waals surface area contributed by atoms with Crippen LogP contribution in [0.3, 0.4) is 0 Å². The molecule has 2 N–H and O–H groups in total. The monoisotopic (exact) mass is 522 g/mol. The van der Waals surface area contributed by atoms with E-state index in [0.29, 0.717) is 31.5 Å². The summed E-state index contributed by atoms with van der Waals surface area (Å²) in [5.74, 6) is -2.92. The highest BCUT2D eigenvalue weighted by Gasteiger charge is 2.38. The Labute approximate surface area is 224 Å². The Kier molecular flexibility index (Phi) is 10.4. The minimum atomic E-state index is -0.810. The fourth-order valence-corrected chi connectivity index (χ4v) is 5.04. The van der Waals surface area contributed by atoms with E-state index in [-0.39, 0.29) is 35.9 Å². The molecule has 0 aliphatic heterocycles. The molecular formula is C30H38N2O6. The van der Waals surface area contributed by atoms with E-state index in [4.69, 9.17) is 10.2 Å². The molecule has 3 rings (SSSR count). The Balaban J connectivity index is 1.69. The Morgan fingerprint density at radius 3 is 2.11 bits per heavy atom. The smallest absolute Gasteiger partial charge is 0.303 e. The molecule has 0 heterocycles. The summed E-state index contributed by atoms with van der Waals surface area (Å²) in [6, 6.07) is 7.38. The summed E-state index contributed by atoms with van der Waals surface area (Å²) in [7, 11) is 0. The third kappa shape index (κ3) is 7.21. The molecule has 204 valence electrons. The lowest BCUT2D eigenvalue weighted by Gasteiger charge is -2.40. The Bertz CT molecular complexity index is 1130. The predicted octanol–water partition coefficient (Wildman–Crippen LogP) is 3.51. The number of carboxylic acids is 2. The maximum Gasteiger partial charge on any atom is 0.303 e. The molecule has 38 heavy (non-hydrogen) atoms. The maximum atomic E-state index is 13.1. The molecule has 1 aromatic rings. The molecule has 2 aliphatic carbocycles. The molecule has 2 aliphatic rings. The van der Waals surface area contributed by atoms with Crippen LogP contribution in [0.4, 0.5) is 5.69 Å². The third-order valence-electron chi connectivity index (χ3n) is 6.93. The summed E-state index contributed by atoms with van der Waals surface area (Å²) < 4.78 is 2.14. The van der Waals surface area contributed by atoms with Gasteiger partial charge in [0.2, 0.25) is 0 Å². The second-order valence-electron chi connectivity index (χ2n) is 9.82. The maximum absolute atomic E-state index is 13.1. The van der Waals surface area contributed by atoms with E-state index >= 15 is 0 Å². The highest BCUT2D eigenvalue weighted by molar-refractivity contribution is 6.29. The quantitative estimate of drug-likeness (QED) is 0.338. The molecule has 0 saturated heterocycles. The van der Waals surface area contributed by atoms with Crippen LogP contribution < -0.4 is 10.0 Å². The largest absolute Gasteiger partial charge is 0.874 e. The summed E-state index contributed by atoms with van der Waals surface area (Å²) in [4.78, 5) is 36.9. The Hall–Kier alpha value is -3.68. The van der Waals surface area contributed by atoms with E-state index in [1.165, 1.54) is 0 Å². The van der Waals surface area contributed by atoms with E-state index in [9.17, 15) is 19.5 Å². The first-order chi connectivity index (χ1) is 18.3. The molecule has 0 saturated carbocycles. The number of carboxylic acid groups (broad SMARTS) is 2. The normalized spacial score (nSPS) is 18.5. The Morgan fingerprint density at radius 1 is 0.921 bits per heavy atom. The molecule has 1 aromatic carbocycles. The van der Waals surface area contributed by atoms with Crippen LogP contribution >= 0.6 is 0 Å². The van der Waals surface area contributed by atoms with E-state index in [0.717, 1.165) is 37.3 Å². The van der Waals surface area contributed by atoms with Crippen molar-refractivity contribution < 1.29 is 34.3 Å². The van der Waals surface area contributed by atoms with Crippen molar-refractivity contribution in [2.75, 3.05) is 31.1 Å². The average molecular weight is 523 g/mol. The molecule has 0 fully saturated rings. The van der Waals surface area contributed by atoms with Gasteiger partial charge in [0.15, 0.2) is 11.5 Å². The number of ketones is 1. The van der Waals surface area contributed by atoms with E-state index < -0.39 is 17.9 Å². The van der Waals surface area contributed by atoms with Crippen molar-refractivity contribution in [1.82, 2.24) is 0 Å². The third-order valence-corrected chi connectivity index (χ3v) is 6.93. The zero-order chi connectivity index (χ0) is 27.7. The van der Waals surface area contributed by atoms with Crippen molar-refractivity contribution in [2.24, 2.45) is 11.8 Å². The molecular weight excluding hydrogens is 484 g/mol. The van der Waals surface area contributed by atoms with E-state index in [2.05, 4.69) is 23.3 Å². The van der Waals surface area contributed by atoms with Crippen LogP contribution in [0.15, 0.2) is 54.3 Å². The molecule has 0 amide bonds. The van der Waals surface area contributed by atoms with Crippen molar-refractivity contribution in [2.45, 2.75) is 52.4 Å². The van der Waals surface area contributed by atoms with Crippen LogP contribution in [0.2, 0.25) is 0 Å². The van der Waals surface area contributed by atoms with Crippen LogP contribution in [-0.4, -0.2) is 64.4 Å². The SMILES string of the molecule is CCCN(CCCC(=O)O)c1ccc(C2=C([O-])C(C3C=CC(=[N+](CCC)CCCC(=O)O)C=C3)C2=O)cc1. The molecule has 0 spiro atoms. The topological polar surface area (TPSA) is 121 Å². The first kappa shape index (κ1) is 28.9. The number of anilines is 1. The second-order valence-corrected chi connectivity index (χ2v) is 9.82. The van der Waals surface area contributed by atoms with Gasteiger partial charge in [-0.1, -0.05) is 38.1 Å². The zero-order valence-corrected chi connectivity index (χ0v) is 22.3. The number of carbonyl (C=O) groups is 3. The predicted molar refractivity (Wildman–Crippen MR) is 145 cm³/mol. The summed E-state index contributed by atoms with van der Waals surface area (Å²) >= 11 is 0. The number of hydrogen-bond donors (Lipinski definition) is 2. The second kappa shape index (κ2) is 13.7. The molecule has 0 aromatic heterocycles. The number of allylic oxidation sites excluding steroid dienone is 6. The van der Waals surface area contributed by atoms with Crippen molar-refractivity contribution in [3.8, 4) is 0 Å². The van der Waals surface area contributed by atoms with Gasteiger partial charge in [-0.2, -0.15) is 0 Å². The number of rotatable bonds is 15. The Morgan fingerprint density at radius 2 is 1.55 bits per heavy atom. The number of benzene rings is 1. The lowest BCUT2D eigenvalue weighted by Crippen LogP contribution is -2.41. The highest BCUT2D eigenvalue weighted by atomic mass is 16.4. The molecule has 1 unspecified atom stereocenters. The number of nitrogens with zero attached hydrogens (tertiary/aromatic N) is 2. The summed E-state index contributed by atoms with van der Waals surface area (Å²) in [6.07, 6.45) is 10.8. The van der Waals surface area contributed by atoms with Gasteiger partial charge >= 0.3 is 11.9 Å². The van der Waals surface area contributed by atoms with Gasteiger partial charge in [0, 0.05) is 67.6 Å². The summed E-state index contributed by atoms with van der Waals surface area (Å²) in [6.45, 7) is 7.00. The highest BCUT2D eigenvalue weighted by Crippen LogP contribution is 2.41. The molecule has 8 nitrogen and oxygen atoms in total. The molecule has 0 bridgehead atoms. The zero-order valence-electron chi connectivity index (χ0n) is 22.3. The minimum Gasteiger partial charge on any atom is -0.874 e. The van der Waals surface area contributed by atoms with Crippen LogP contribution in [0.5, 0.6) is 0 Å². The van der Waals surface area contributed by atoms with Crippen molar-refractivity contribution in [1.29, 1.82) is 0 Å². The number of carbonyl (C=O) groups excluding carboxylic acids is 1.